The second-order valence-electron chi connectivity index (χ2n) is 6.32. The van der Waals surface area contributed by atoms with E-state index in [2.05, 4.69) is 5.32 Å². The molecule has 2 heterocycles. The van der Waals surface area contributed by atoms with Crippen molar-refractivity contribution in [2.24, 2.45) is 0 Å². The molecule has 2 aromatic rings. The normalized spacial score (nSPS) is 12.8. The first-order chi connectivity index (χ1) is 13.6. The summed E-state index contributed by atoms with van der Waals surface area (Å²) in [6.45, 7) is 0.434. The van der Waals surface area contributed by atoms with Gasteiger partial charge in [-0.2, -0.15) is 11.3 Å². The molecule has 2 amide bonds. The summed E-state index contributed by atoms with van der Waals surface area (Å²) in [5.41, 5.74) is 2.44. The minimum atomic E-state index is -0.522. The Balaban J connectivity index is 1.45. The summed E-state index contributed by atoms with van der Waals surface area (Å²) in [4.78, 5) is 37.8. The van der Waals surface area contributed by atoms with Crippen LogP contribution in [-0.2, 0) is 20.7 Å². The van der Waals surface area contributed by atoms with Gasteiger partial charge in [-0.1, -0.05) is 0 Å². The van der Waals surface area contributed by atoms with E-state index < -0.39 is 5.97 Å². The van der Waals surface area contributed by atoms with Gasteiger partial charge in [-0.3, -0.25) is 14.4 Å². The molecule has 0 atom stereocenters. The van der Waals surface area contributed by atoms with E-state index in [4.69, 9.17) is 9.47 Å². The summed E-state index contributed by atoms with van der Waals surface area (Å²) in [6, 6.07) is 7.31. The molecular weight excluding hydrogens is 380 g/mol. The molecule has 0 unspecified atom stereocenters. The number of amides is 2. The number of fused-ring (bicyclic) bond motifs is 1. The number of esters is 1. The molecule has 0 spiro atoms. The highest BCUT2D eigenvalue weighted by Gasteiger charge is 2.23. The van der Waals surface area contributed by atoms with Crippen LogP contribution in [-0.4, -0.2) is 44.6 Å². The fourth-order valence-electron chi connectivity index (χ4n) is 3.03. The van der Waals surface area contributed by atoms with E-state index >= 15 is 0 Å². The number of nitrogens with one attached hydrogen (secondary N) is 1. The predicted molar refractivity (Wildman–Crippen MR) is 106 cm³/mol. The van der Waals surface area contributed by atoms with Gasteiger partial charge in [-0.25, -0.2) is 0 Å². The van der Waals surface area contributed by atoms with Crippen molar-refractivity contribution in [1.29, 1.82) is 0 Å². The largest absolute Gasteiger partial charge is 0.497 e. The smallest absolute Gasteiger partial charge is 0.308 e. The number of methoxy groups -OCH3 is 1. The average molecular weight is 402 g/mol. The summed E-state index contributed by atoms with van der Waals surface area (Å²) < 4.78 is 10.3. The van der Waals surface area contributed by atoms with Gasteiger partial charge in [0.1, 0.15) is 5.75 Å². The van der Waals surface area contributed by atoms with Crippen molar-refractivity contribution in [3.05, 3.63) is 46.2 Å². The van der Waals surface area contributed by atoms with E-state index in [0.717, 1.165) is 29.8 Å². The molecule has 0 saturated heterocycles. The third-order valence-electron chi connectivity index (χ3n) is 4.46. The number of carbonyl (C=O) groups excluding carboxylic acids is 3. The lowest BCUT2D eigenvalue weighted by Gasteiger charge is -2.29. The molecule has 1 aromatic heterocycles. The van der Waals surface area contributed by atoms with Crippen LogP contribution in [0.2, 0.25) is 0 Å². The molecule has 1 aliphatic heterocycles. The van der Waals surface area contributed by atoms with Crippen LogP contribution in [0.5, 0.6) is 5.75 Å². The molecule has 1 aliphatic rings. The zero-order valence-corrected chi connectivity index (χ0v) is 16.4. The maximum atomic E-state index is 12.5. The monoisotopic (exact) mass is 402 g/mol. The van der Waals surface area contributed by atoms with E-state index in [9.17, 15) is 14.4 Å². The minimum Gasteiger partial charge on any atom is -0.497 e. The number of hydrogen-bond donors (Lipinski definition) is 1. The van der Waals surface area contributed by atoms with Crippen LogP contribution < -0.4 is 15.0 Å². The Kier molecular flexibility index (Phi) is 6.65. The molecule has 148 valence electrons. The number of rotatable bonds is 7. The summed E-state index contributed by atoms with van der Waals surface area (Å²) in [6.07, 6.45) is 1.73. The molecule has 0 saturated carbocycles. The molecule has 28 heavy (non-hydrogen) atoms. The summed E-state index contributed by atoms with van der Waals surface area (Å²) >= 11 is 1.43. The van der Waals surface area contributed by atoms with E-state index in [1.54, 1.807) is 23.5 Å². The first kappa shape index (κ1) is 19.9. The van der Waals surface area contributed by atoms with Crippen molar-refractivity contribution in [2.75, 3.05) is 31.7 Å². The fraction of sp³-hybridized carbons (Fsp3) is 0.350. The Morgan fingerprint density at radius 3 is 2.86 bits per heavy atom. The molecular formula is C20H22N2O5S. The Hall–Kier alpha value is -2.87. The van der Waals surface area contributed by atoms with E-state index in [1.807, 2.05) is 23.6 Å². The minimum absolute atomic E-state index is 0.0109. The quantitative estimate of drug-likeness (QED) is 0.719. The third kappa shape index (κ3) is 4.89. The topological polar surface area (TPSA) is 84.9 Å². The number of aryl methyl sites for hydroxylation is 1. The SMILES string of the molecule is COc1ccc2c(c1)CCCN2C(=O)COC(=O)CCNC(=O)c1ccsc1. The molecule has 0 bridgehead atoms. The van der Waals surface area contributed by atoms with Crippen LogP contribution in [0.1, 0.15) is 28.8 Å². The van der Waals surface area contributed by atoms with Gasteiger partial charge in [-0.05, 0) is 48.1 Å². The molecule has 1 N–H and O–H groups in total. The second-order valence-corrected chi connectivity index (χ2v) is 7.10. The van der Waals surface area contributed by atoms with Crippen LogP contribution >= 0.6 is 11.3 Å². The van der Waals surface area contributed by atoms with E-state index in [-0.39, 0.29) is 31.4 Å². The molecule has 7 nitrogen and oxygen atoms in total. The van der Waals surface area contributed by atoms with Crippen LogP contribution in [0.4, 0.5) is 5.69 Å². The van der Waals surface area contributed by atoms with Gasteiger partial charge in [0, 0.05) is 29.7 Å². The molecule has 3 rings (SSSR count). The zero-order chi connectivity index (χ0) is 19.9. The van der Waals surface area contributed by atoms with Crippen LogP contribution in [0.15, 0.2) is 35.0 Å². The molecule has 8 heteroatoms. The maximum Gasteiger partial charge on any atom is 0.308 e. The number of ether oxygens (including phenoxy) is 2. The summed E-state index contributed by atoms with van der Waals surface area (Å²) in [5.74, 6) is -0.262. The van der Waals surface area contributed by atoms with Gasteiger partial charge in [0.05, 0.1) is 13.5 Å². The highest BCUT2D eigenvalue weighted by molar-refractivity contribution is 7.08. The first-order valence-corrected chi connectivity index (χ1v) is 9.96. The lowest BCUT2D eigenvalue weighted by molar-refractivity contribution is -0.147. The van der Waals surface area contributed by atoms with Gasteiger partial charge >= 0.3 is 5.97 Å². The average Bonchev–Trinajstić information content (AvgIpc) is 3.26. The highest BCUT2D eigenvalue weighted by atomic mass is 32.1. The van der Waals surface area contributed by atoms with Gasteiger partial charge in [0.2, 0.25) is 0 Å². The fourth-order valence-corrected chi connectivity index (χ4v) is 3.66. The second kappa shape index (κ2) is 9.36. The summed E-state index contributed by atoms with van der Waals surface area (Å²) in [7, 11) is 1.61. The van der Waals surface area contributed by atoms with Crippen molar-refractivity contribution < 1.29 is 23.9 Å². The lowest BCUT2D eigenvalue weighted by Crippen LogP contribution is -2.38. The van der Waals surface area contributed by atoms with Crippen LogP contribution in [0.3, 0.4) is 0 Å². The Morgan fingerprint density at radius 1 is 1.25 bits per heavy atom. The van der Waals surface area contributed by atoms with Crippen LogP contribution in [0, 0.1) is 0 Å². The van der Waals surface area contributed by atoms with Crippen molar-refractivity contribution in [2.45, 2.75) is 19.3 Å². The van der Waals surface area contributed by atoms with E-state index in [1.165, 1.54) is 11.3 Å². The van der Waals surface area contributed by atoms with Crippen LogP contribution in [0.25, 0.3) is 0 Å². The van der Waals surface area contributed by atoms with Crippen molar-refractivity contribution in [1.82, 2.24) is 5.32 Å². The molecule has 0 radical (unpaired) electrons. The number of hydrogen-bond acceptors (Lipinski definition) is 6. The number of anilines is 1. The van der Waals surface area contributed by atoms with E-state index in [0.29, 0.717) is 12.1 Å². The summed E-state index contributed by atoms with van der Waals surface area (Å²) in [5, 5.41) is 6.19. The van der Waals surface area contributed by atoms with Gasteiger partial charge in [-0.15, -0.1) is 0 Å². The lowest BCUT2D eigenvalue weighted by atomic mass is 10.0. The number of benzene rings is 1. The van der Waals surface area contributed by atoms with Gasteiger partial charge in [0.25, 0.3) is 11.8 Å². The van der Waals surface area contributed by atoms with Gasteiger partial charge < -0.3 is 19.7 Å². The first-order valence-electron chi connectivity index (χ1n) is 9.02. The maximum absolute atomic E-state index is 12.5. The van der Waals surface area contributed by atoms with Crippen molar-refractivity contribution in [3.8, 4) is 5.75 Å². The highest BCUT2D eigenvalue weighted by Crippen LogP contribution is 2.30. The van der Waals surface area contributed by atoms with Gasteiger partial charge in [0.15, 0.2) is 6.61 Å². The zero-order valence-electron chi connectivity index (χ0n) is 15.6. The molecule has 0 fully saturated rings. The standard InChI is InChI=1S/C20H22N2O5S/c1-26-16-4-5-17-14(11-16)3-2-9-22(17)18(23)12-27-19(24)6-8-21-20(25)15-7-10-28-13-15/h4-5,7,10-11,13H,2-3,6,8-9,12H2,1H3,(H,21,25). The number of carbonyl (C=O) groups is 3. The Labute approximate surface area is 167 Å². The number of nitrogens with zero attached hydrogens (tertiary/aromatic N) is 1. The molecule has 0 aliphatic carbocycles. The molecule has 1 aromatic carbocycles. The Bertz CT molecular complexity index is 850. The third-order valence-corrected chi connectivity index (χ3v) is 5.14. The Morgan fingerprint density at radius 2 is 2.11 bits per heavy atom. The van der Waals surface area contributed by atoms with Crippen molar-refractivity contribution >= 4 is 34.8 Å². The predicted octanol–water partition coefficient (Wildman–Crippen LogP) is 2.40. The number of thiophene rings is 1. The van der Waals surface area contributed by atoms with Crippen molar-refractivity contribution in [3.63, 3.8) is 0 Å².